The predicted octanol–water partition coefficient (Wildman–Crippen LogP) is 3.80. The summed E-state index contributed by atoms with van der Waals surface area (Å²) in [5.41, 5.74) is 0.364. The molecule has 1 aromatic rings. The molecule has 1 heterocycles. The summed E-state index contributed by atoms with van der Waals surface area (Å²) in [6.45, 7) is 0.388. The van der Waals surface area contributed by atoms with E-state index in [1.165, 1.54) is 0 Å². The smallest absolute Gasteiger partial charge is 0.295 e. The van der Waals surface area contributed by atoms with Gasteiger partial charge in [-0.15, -0.1) is 0 Å². The Bertz CT molecular complexity index is 490. The molecule has 1 unspecified atom stereocenters. The number of hydrogen-bond donors (Lipinski definition) is 0. The van der Waals surface area contributed by atoms with E-state index >= 15 is 0 Å². The summed E-state index contributed by atoms with van der Waals surface area (Å²) < 4.78 is 38.1. The molecule has 2 nitrogen and oxygen atoms in total. The Balaban J connectivity index is 2.00. The van der Waals surface area contributed by atoms with E-state index in [0.29, 0.717) is 23.6 Å². The van der Waals surface area contributed by atoms with E-state index in [1.54, 1.807) is 29.2 Å². The van der Waals surface area contributed by atoms with Gasteiger partial charge in [-0.05, 0) is 31.5 Å². The average Bonchev–Trinajstić information content (AvgIpc) is 2.38. The van der Waals surface area contributed by atoms with Crippen LogP contribution in [0.15, 0.2) is 24.3 Å². The lowest BCUT2D eigenvalue weighted by molar-refractivity contribution is -0.186. The van der Waals surface area contributed by atoms with E-state index in [9.17, 15) is 18.0 Å². The molecule has 0 amide bonds. The summed E-state index contributed by atoms with van der Waals surface area (Å²) in [7, 11) is 0. The number of likely N-dealkylation sites (tertiary alicyclic amines) is 1. The molecular formula is C14H15ClF3NO. The Morgan fingerprint density at radius 2 is 2.05 bits per heavy atom. The van der Waals surface area contributed by atoms with Crippen LogP contribution in [0.4, 0.5) is 13.2 Å². The minimum absolute atomic E-state index is 0.0175. The van der Waals surface area contributed by atoms with Gasteiger partial charge in [0.15, 0.2) is 5.78 Å². The van der Waals surface area contributed by atoms with Gasteiger partial charge in [-0.25, -0.2) is 0 Å². The van der Waals surface area contributed by atoms with E-state index in [1.807, 2.05) is 0 Å². The summed E-state index contributed by atoms with van der Waals surface area (Å²) in [4.78, 5) is 13.6. The van der Waals surface area contributed by atoms with Gasteiger partial charge in [0.05, 0.1) is 17.5 Å². The number of ketones is 1. The molecule has 0 saturated carbocycles. The molecule has 0 aromatic heterocycles. The van der Waals surface area contributed by atoms with Crippen molar-refractivity contribution < 1.29 is 18.0 Å². The Hall–Kier alpha value is -1.07. The van der Waals surface area contributed by atoms with Crippen molar-refractivity contribution in [3.63, 3.8) is 0 Å². The van der Waals surface area contributed by atoms with Crippen molar-refractivity contribution in [2.45, 2.75) is 19.0 Å². The Morgan fingerprint density at radius 1 is 1.35 bits per heavy atom. The molecule has 1 atom stereocenters. The van der Waals surface area contributed by atoms with Crippen molar-refractivity contribution in [3.8, 4) is 0 Å². The highest BCUT2D eigenvalue weighted by Crippen LogP contribution is 2.33. The van der Waals surface area contributed by atoms with Crippen LogP contribution in [0.2, 0.25) is 5.02 Å². The number of hydrogen-bond acceptors (Lipinski definition) is 2. The second-order valence-electron chi connectivity index (χ2n) is 5.02. The minimum atomic E-state index is -4.19. The first-order chi connectivity index (χ1) is 9.38. The number of carbonyl (C=O) groups is 1. The summed E-state index contributed by atoms with van der Waals surface area (Å²) in [5.74, 6) is -1.58. The molecule has 110 valence electrons. The monoisotopic (exact) mass is 305 g/mol. The summed E-state index contributed by atoms with van der Waals surface area (Å²) in [6, 6.07) is 6.59. The van der Waals surface area contributed by atoms with Crippen LogP contribution in [0.25, 0.3) is 0 Å². The standard InChI is InChI=1S/C14H15ClF3NO/c15-12-6-2-1-5-11(12)13(20)9-19-7-3-4-10(8-19)14(16,17)18/h1-2,5-6,10H,3-4,7-9H2. The third-order valence-electron chi connectivity index (χ3n) is 3.51. The third kappa shape index (κ3) is 3.73. The number of benzene rings is 1. The molecule has 1 fully saturated rings. The number of alkyl halides is 3. The summed E-state index contributed by atoms with van der Waals surface area (Å²) in [6.07, 6.45) is -3.59. The van der Waals surface area contributed by atoms with Gasteiger partial charge >= 0.3 is 6.18 Å². The highest BCUT2D eigenvalue weighted by atomic mass is 35.5. The molecule has 0 bridgehead atoms. The Labute approximate surface area is 120 Å². The van der Waals surface area contributed by atoms with Crippen LogP contribution in [0.3, 0.4) is 0 Å². The highest BCUT2D eigenvalue weighted by Gasteiger charge is 2.41. The fraction of sp³-hybridized carbons (Fsp3) is 0.500. The quantitative estimate of drug-likeness (QED) is 0.792. The maximum absolute atomic E-state index is 12.7. The first kappa shape index (κ1) is 15.3. The molecule has 0 aliphatic carbocycles. The van der Waals surface area contributed by atoms with Gasteiger partial charge < -0.3 is 0 Å². The number of piperidine rings is 1. The van der Waals surface area contributed by atoms with Gasteiger partial charge in [-0.2, -0.15) is 13.2 Å². The second kappa shape index (κ2) is 6.14. The van der Waals surface area contributed by atoms with Crippen LogP contribution < -0.4 is 0 Å². The molecular weight excluding hydrogens is 291 g/mol. The van der Waals surface area contributed by atoms with Crippen LogP contribution in [0, 0.1) is 5.92 Å². The maximum Gasteiger partial charge on any atom is 0.393 e. The van der Waals surface area contributed by atoms with Gasteiger partial charge in [0.2, 0.25) is 0 Å². The van der Waals surface area contributed by atoms with Gasteiger partial charge in [0.25, 0.3) is 0 Å². The van der Waals surface area contributed by atoms with Crippen molar-refractivity contribution in [2.24, 2.45) is 5.92 Å². The van der Waals surface area contributed by atoms with Crippen molar-refractivity contribution >= 4 is 17.4 Å². The van der Waals surface area contributed by atoms with Crippen LogP contribution in [0.5, 0.6) is 0 Å². The van der Waals surface area contributed by atoms with Crippen LogP contribution in [0.1, 0.15) is 23.2 Å². The molecule has 20 heavy (non-hydrogen) atoms. The first-order valence-corrected chi connectivity index (χ1v) is 6.82. The molecule has 0 spiro atoms. The van der Waals surface area contributed by atoms with Gasteiger partial charge in [-0.1, -0.05) is 23.7 Å². The van der Waals surface area contributed by atoms with Gasteiger partial charge in [0.1, 0.15) is 0 Å². The van der Waals surface area contributed by atoms with Gasteiger partial charge in [0, 0.05) is 12.1 Å². The van der Waals surface area contributed by atoms with Crippen LogP contribution in [-0.4, -0.2) is 36.5 Å². The van der Waals surface area contributed by atoms with Crippen molar-refractivity contribution in [3.05, 3.63) is 34.9 Å². The predicted molar refractivity (Wildman–Crippen MR) is 71.0 cm³/mol. The van der Waals surface area contributed by atoms with Crippen molar-refractivity contribution in [1.82, 2.24) is 4.90 Å². The number of Topliss-reactive ketones (excluding diaryl/α,β-unsaturated/α-hetero) is 1. The Morgan fingerprint density at radius 3 is 2.70 bits per heavy atom. The zero-order valence-electron chi connectivity index (χ0n) is 10.8. The fourth-order valence-electron chi connectivity index (χ4n) is 2.44. The van der Waals surface area contributed by atoms with E-state index in [0.717, 1.165) is 0 Å². The third-order valence-corrected chi connectivity index (χ3v) is 3.84. The molecule has 1 saturated heterocycles. The number of rotatable bonds is 3. The molecule has 0 N–H and O–H groups in total. The zero-order valence-corrected chi connectivity index (χ0v) is 11.5. The first-order valence-electron chi connectivity index (χ1n) is 6.44. The molecule has 0 radical (unpaired) electrons. The highest BCUT2D eigenvalue weighted by molar-refractivity contribution is 6.34. The van der Waals surface area contributed by atoms with E-state index in [2.05, 4.69) is 0 Å². The normalized spacial score (nSPS) is 20.9. The number of halogens is 4. The van der Waals surface area contributed by atoms with Crippen LogP contribution in [-0.2, 0) is 0 Å². The summed E-state index contributed by atoms with van der Waals surface area (Å²) >= 11 is 5.92. The molecule has 1 aromatic carbocycles. The van der Waals surface area contributed by atoms with Crippen LogP contribution >= 0.6 is 11.6 Å². The zero-order chi connectivity index (χ0) is 14.8. The average molecular weight is 306 g/mol. The topological polar surface area (TPSA) is 20.3 Å². The van der Waals surface area contributed by atoms with E-state index in [-0.39, 0.29) is 25.3 Å². The van der Waals surface area contributed by atoms with Crippen molar-refractivity contribution in [1.29, 1.82) is 0 Å². The summed E-state index contributed by atoms with van der Waals surface area (Å²) in [5, 5.41) is 0.335. The minimum Gasteiger partial charge on any atom is -0.295 e. The number of nitrogens with zero attached hydrogens (tertiary/aromatic N) is 1. The lowest BCUT2D eigenvalue weighted by Crippen LogP contribution is -2.43. The molecule has 1 aliphatic rings. The molecule has 1 aliphatic heterocycles. The second-order valence-corrected chi connectivity index (χ2v) is 5.43. The lowest BCUT2D eigenvalue weighted by atomic mass is 9.97. The van der Waals surface area contributed by atoms with E-state index in [4.69, 9.17) is 11.6 Å². The Kier molecular flexibility index (Phi) is 4.70. The molecule has 2 rings (SSSR count). The maximum atomic E-state index is 12.7. The van der Waals surface area contributed by atoms with E-state index < -0.39 is 12.1 Å². The van der Waals surface area contributed by atoms with Crippen molar-refractivity contribution in [2.75, 3.05) is 19.6 Å². The number of carbonyl (C=O) groups excluding carboxylic acids is 1. The SMILES string of the molecule is O=C(CN1CCCC(C(F)(F)F)C1)c1ccccc1Cl. The lowest BCUT2D eigenvalue weighted by Gasteiger charge is -2.33. The largest absolute Gasteiger partial charge is 0.393 e. The van der Waals surface area contributed by atoms with Gasteiger partial charge in [-0.3, -0.25) is 9.69 Å². The fourth-order valence-corrected chi connectivity index (χ4v) is 2.68. The molecule has 6 heteroatoms.